The number of hydrogen-bond acceptors (Lipinski definition) is 5. The van der Waals surface area contributed by atoms with Gasteiger partial charge in [-0.3, -0.25) is 4.79 Å². The average Bonchev–Trinajstić information content (AvgIpc) is 3.04. The van der Waals surface area contributed by atoms with E-state index in [1.54, 1.807) is 10.4 Å². The largest absolute Gasteiger partial charge is 0.336 e. The fourth-order valence-corrected chi connectivity index (χ4v) is 4.40. The third-order valence-electron chi connectivity index (χ3n) is 3.94. The summed E-state index contributed by atoms with van der Waals surface area (Å²) in [5, 5.41) is 4.54. The van der Waals surface area contributed by atoms with Crippen molar-refractivity contribution < 1.29 is 13.2 Å². The monoisotopic (exact) mass is 351 g/mol. The minimum Gasteiger partial charge on any atom is -0.336 e. The predicted molar refractivity (Wildman–Crippen MR) is 89.6 cm³/mol. The molecule has 6 nitrogen and oxygen atoms in total. The number of primary sulfonamides is 1. The molecule has 1 aliphatic heterocycles. The first-order chi connectivity index (χ1) is 11.0. The van der Waals surface area contributed by atoms with Crippen LogP contribution in [0, 0.1) is 0 Å². The van der Waals surface area contributed by atoms with Crippen LogP contribution >= 0.6 is 11.3 Å². The van der Waals surface area contributed by atoms with Gasteiger partial charge in [-0.15, -0.1) is 11.3 Å². The lowest BCUT2D eigenvalue weighted by molar-refractivity contribution is 0.0722. The molecule has 1 aromatic carbocycles. The zero-order chi connectivity index (χ0) is 16.4. The smallest absolute Gasteiger partial charge is 0.274 e. The Kier molecular flexibility index (Phi) is 4.47. The van der Waals surface area contributed by atoms with E-state index in [1.165, 1.54) is 11.3 Å². The van der Waals surface area contributed by atoms with E-state index in [4.69, 9.17) is 5.14 Å². The molecule has 1 saturated heterocycles. The molecular weight excluding hydrogens is 334 g/mol. The van der Waals surface area contributed by atoms with Gasteiger partial charge in [-0.05, 0) is 18.4 Å². The lowest BCUT2D eigenvalue weighted by atomic mass is 10.1. The maximum Gasteiger partial charge on any atom is 0.274 e. The molecule has 1 unspecified atom stereocenters. The number of sulfonamides is 1. The van der Waals surface area contributed by atoms with Crippen molar-refractivity contribution in [1.82, 2.24) is 9.88 Å². The highest BCUT2D eigenvalue weighted by atomic mass is 32.2. The molecule has 1 aliphatic rings. The number of hydrogen-bond donors (Lipinski definition) is 1. The van der Waals surface area contributed by atoms with Crippen LogP contribution in [0.25, 0.3) is 10.4 Å². The summed E-state index contributed by atoms with van der Waals surface area (Å²) >= 11 is 1.40. The Hall–Kier alpha value is -1.77. The van der Waals surface area contributed by atoms with E-state index >= 15 is 0 Å². The van der Waals surface area contributed by atoms with E-state index in [9.17, 15) is 13.2 Å². The molecule has 2 N–H and O–H groups in total. The minimum atomic E-state index is -3.64. The van der Waals surface area contributed by atoms with Crippen LogP contribution < -0.4 is 5.14 Å². The van der Waals surface area contributed by atoms with E-state index in [0.29, 0.717) is 25.1 Å². The summed E-state index contributed by atoms with van der Waals surface area (Å²) in [7, 11) is -3.64. The first kappa shape index (κ1) is 16.1. The van der Waals surface area contributed by atoms with Crippen LogP contribution in [0.15, 0.2) is 35.8 Å². The first-order valence-corrected chi connectivity index (χ1v) is 9.75. The van der Waals surface area contributed by atoms with Crippen molar-refractivity contribution in [3.8, 4) is 10.4 Å². The normalized spacial score (nSPS) is 18.8. The van der Waals surface area contributed by atoms with Crippen LogP contribution in [0.5, 0.6) is 0 Å². The highest BCUT2D eigenvalue weighted by molar-refractivity contribution is 7.89. The molecule has 0 aliphatic carbocycles. The van der Waals surface area contributed by atoms with Crippen molar-refractivity contribution in [1.29, 1.82) is 0 Å². The SMILES string of the molecule is NS(=O)(=O)C1CCCN(C(=O)c2ncsc2-c2ccccc2)C1. The van der Waals surface area contributed by atoms with Gasteiger partial charge < -0.3 is 4.90 Å². The Bertz CT molecular complexity index is 802. The Balaban J connectivity index is 1.86. The van der Waals surface area contributed by atoms with Gasteiger partial charge in [0, 0.05) is 13.1 Å². The molecule has 8 heteroatoms. The lowest BCUT2D eigenvalue weighted by Crippen LogP contribution is -2.47. The number of benzene rings is 1. The second kappa shape index (κ2) is 6.38. The summed E-state index contributed by atoms with van der Waals surface area (Å²) in [6, 6.07) is 9.57. The molecule has 1 fully saturated rings. The van der Waals surface area contributed by atoms with Crippen molar-refractivity contribution in [2.24, 2.45) is 5.14 Å². The number of likely N-dealkylation sites (tertiary alicyclic amines) is 1. The molecule has 1 atom stereocenters. The van der Waals surface area contributed by atoms with Gasteiger partial charge >= 0.3 is 0 Å². The molecule has 0 spiro atoms. The van der Waals surface area contributed by atoms with Crippen LogP contribution in [0.2, 0.25) is 0 Å². The molecule has 23 heavy (non-hydrogen) atoms. The number of carbonyl (C=O) groups is 1. The summed E-state index contributed by atoms with van der Waals surface area (Å²) in [5.74, 6) is -0.238. The summed E-state index contributed by atoms with van der Waals surface area (Å²) in [5.41, 5.74) is 2.94. The minimum absolute atomic E-state index is 0.128. The second-order valence-electron chi connectivity index (χ2n) is 5.50. The average molecular weight is 351 g/mol. The van der Waals surface area contributed by atoms with Crippen LogP contribution in [0.1, 0.15) is 23.3 Å². The molecule has 2 aromatic rings. The van der Waals surface area contributed by atoms with Crippen LogP contribution in [0.4, 0.5) is 0 Å². The molecule has 1 amide bonds. The van der Waals surface area contributed by atoms with Crippen LogP contribution in [0.3, 0.4) is 0 Å². The van der Waals surface area contributed by atoms with E-state index < -0.39 is 15.3 Å². The van der Waals surface area contributed by atoms with Gasteiger partial charge in [0.05, 0.1) is 15.6 Å². The standard InChI is InChI=1S/C15H17N3O3S2/c16-23(20,21)12-7-4-8-18(9-12)15(19)13-14(22-10-17-13)11-5-2-1-3-6-11/h1-3,5-6,10,12H,4,7-9H2,(H2,16,20,21). The summed E-state index contributed by atoms with van der Waals surface area (Å²) in [6.07, 6.45) is 1.11. The van der Waals surface area contributed by atoms with Crippen molar-refractivity contribution >= 4 is 27.3 Å². The van der Waals surface area contributed by atoms with Gasteiger partial charge in [-0.1, -0.05) is 30.3 Å². The van der Waals surface area contributed by atoms with E-state index in [1.807, 2.05) is 30.3 Å². The molecular formula is C15H17N3O3S2. The number of piperidine rings is 1. The van der Waals surface area contributed by atoms with Gasteiger partial charge in [-0.2, -0.15) is 0 Å². The number of nitrogens with zero attached hydrogens (tertiary/aromatic N) is 2. The van der Waals surface area contributed by atoms with Crippen LogP contribution in [-0.4, -0.2) is 42.5 Å². The van der Waals surface area contributed by atoms with Crippen molar-refractivity contribution in [2.45, 2.75) is 18.1 Å². The molecule has 2 heterocycles. The molecule has 0 saturated carbocycles. The molecule has 0 radical (unpaired) electrons. The fourth-order valence-electron chi connectivity index (χ4n) is 2.73. The number of amides is 1. The maximum atomic E-state index is 12.8. The third kappa shape index (κ3) is 3.44. The zero-order valence-electron chi connectivity index (χ0n) is 12.4. The Morgan fingerprint density at radius 1 is 1.30 bits per heavy atom. The Labute approximate surface area is 139 Å². The second-order valence-corrected chi connectivity index (χ2v) is 8.20. The number of rotatable bonds is 3. The summed E-state index contributed by atoms with van der Waals surface area (Å²) in [4.78, 5) is 19.3. The first-order valence-electron chi connectivity index (χ1n) is 7.26. The van der Waals surface area contributed by atoms with Crippen molar-refractivity contribution in [3.63, 3.8) is 0 Å². The summed E-state index contributed by atoms with van der Waals surface area (Å²) < 4.78 is 23.1. The Morgan fingerprint density at radius 2 is 2.04 bits per heavy atom. The number of carbonyl (C=O) groups excluding carboxylic acids is 1. The number of aromatic nitrogens is 1. The van der Waals surface area contributed by atoms with Gasteiger partial charge in [0.15, 0.2) is 0 Å². The highest BCUT2D eigenvalue weighted by Crippen LogP contribution is 2.29. The van der Waals surface area contributed by atoms with Gasteiger partial charge in [-0.25, -0.2) is 18.5 Å². The summed E-state index contributed by atoms with van der Waals surface area (Å²) in [6.45, 7) is 0.653. The predicted octanol–water partition coefficient (Wildman–Crippen LogP) is 1.70. The lowest BCUT2D eigenvalue weighted by Gasteiger charge is -2.31. The van der Waals surface area contributed by atoms with Gasteiger partial charge in [0.2, 0.25) is 10.0 Å². The fraction of sp³-hybridized carbons (Fsp3) is 0.333. The number of thiazole rings is 1. The number of nitrogens with two attached hydrogens (primary N) is 1. The zero-order valence-corrected chi connectivity index (χ0v) is 14.0. The van der Waals surface area contributed by atoms with Crippen LogP contribution in [-0.2, 0) is 10.0 Å². The maximum absolute atomic E-state index is 12.8. The van der Waals surface area contributed by atoms with Gasteiger partial charge in [0.1, 0.15) is 5.69 Å². The topological polar surface area (TPSA) is 93.4 Å². The molecule has 1 aromatic heterocycles. The van der Waals surface area contributed by atoms with Crippen molar-refractivity contribution in [3.05, 3.63) is 41.5 Å². The van der Waals surface area contributed by atoms with E-state index in [0.717, 1.165) is 10.4 Å². The molecule has 122 valence electrons. The van der Waals surface area contributed by atoms with E-state index in [-0.39, 0.29) is 12.5 Å². The van der Waals surface area contributed by atoms with Crippen molar-refractivity contribution in [2.75, 3.05) is 13.1 Å². The quantitative estimate of drug-likeness (QED) is 0.911. The third-order valence-corrected chi connectivity index (χ3v) is 6.13. The highest BCUT2D eigenvalue weighted by Gasteiger charge is 2.32. The molecule has 0 bridgehead atoms. The Morgan fingerprint density at radius 3 is 2.74 bits per heavy atom. The molecule has 3 rings (SSSR count). The van der Waals surface area contributed by atoms with Gasteiger partial charge in [0.25, 0.3) is 5.91 Å². The van der Waals surface area contributed by atoms with E-state index in [2.05, 4.69) is 4.98 Å².